The quantitative estimate of drug-likeness (QED) is 0.757. The van der Waals surface area contributed by atoms with Crippen molar-refractivity contribution in [2.24, 2.45) is 0 Å². The number of sulfonamides is 1. The number of rotatable bonds is 6. The number of nitrogens with zero attached hydrogens (tertiary/aromatic N) is 1. The van der Waals surface area contributed by atoms with E-state index in [2.05, 4.69) is 5.32 Å². The lowest BCUT2D eigenvalue weighted by Crippen LogP contribution is -2.45. The maximum Gasteiger partial charge on any atom is 0.243 e. The maximum absolute atomic E-state index is 13.9. The molecular weight excluding hydrogens is 398 g/mol. The summed E-state index contributed by atoms with van der Waals surface area (Å²) in [5.74, 6) is -2.34. The van der Waals surface area contributed by atoms with Crippen molar-refractivity contribution in [1.82, 2.24) is 4.31 Å². The van der Waals surface area contributed by atoms with Gasteiger partial charge in [-0.05, 0) is 44.0 Å². The minimum absolute atomic E-state index is 0.120. The van der Waals surface area contributed by atoms with Crippen molar-refractivity contribution < 1.29 is 22.0 Å². The van der Waals surface area contributed by atoms with Crippen LogP contribution in [0.3, 0.4) is 0 Å². The number of amides is 1. The molecule has 0 bridgehead atoms. The van der Waals surface area contributed by atoms with Crippen LogP contribution in [0.2, 0.25) is 0 Å². The van der Waals surface area contributed by atoms with Gasteiger partial charge in [-0.25, -0.2) is 17.2 Å². The molecule has 5 nitrogen and oxygen atoms in total. The minimum atomic E-state index is -3.90. The van der Waals surface area contributed by atoms with Gasteiger partial charge in [-0.2, -0.15) is 4.31 Å². The molecule has 29 heavy (non-hydrogen) atoms. The lowest BCUT2D eigenvalue weighted by atomic mass is 9.95. The van der Waals surface area contributed by atoms with Crippen molar-refractivity contribution in [3.63, 3.8) is 0 Å². The second kappa shape index (κ2) is 9.00. The van der Waals surface area contributed by atoms with E-state index < -0.39 is 34.1 Å². The molecule has 0 unspecified atom stereocenters. The highest BCUT2D eigenvalue weighted by Gasteiger charge is 2.34. The summed E-state index contributed by atoms with van der Waals surface area (Å²) in [6, 6.07) is 8.98. The highest BCUT2D eigenvalue weighted by molar-refractivity contribution is 7.89. The van der Waals surface area contributed by atoms with Crippen LogP contribution in [0.1, 0.15) is 37.7 Å². The van der Waals surface area contributed by atoms with E-state index in [-0.39, 0.29) is 16.6 Å². The topological polar surface area (TPSA) is 66.5 Å². The van der Waals surface area contributed by atoms with Gasteiger partial charge in [0.15, 0.2) is 0 Å². The van der Waals surface area contributed by atoms with E-state index >= 15 is 0 Å². The first-order chi connectivity index (χ1) is 13.8. The Hall–Kier alpha value is -2.32. The van der Waals surface area contributed by atoms with Crippen LogP contribution >= 0.6 is 0 Å². The van der Waals surface area contributed by atoms with E-state index in [9.17, 15) is 22.0 Å². The number of aryl methyl sites for hydroxylation is 1. The molecule has 1 amide bonds. The largest absolute Gasteiger partial charge is 0.322 e. The highest BCUT2D eigenvalue weighted by atomic mass is 32.2. The zero-order chi connectivity index (χ0) is 21.0. The summed E-state index contributed by atoms with van der Waals surface area (Å²) in [5.41, 5.74) is 0.741. The number of halogens is 2. The summed E-state index contributed by atoms with van der Waals surface area (Å²) in [6.45, 7) is 1.43. The Morgan fingerprint density at radius 3 is 2.34 bits per heavy atom. The Bertz CT molecular complexity index is 972. The summed E-state index contributed by atoms with van der Waals surface area (Å²) < 4.78 is 54.7. The van der Waals surface area contributed by atoms with Crippen molar-refractivity contribution in [1.29, 1.82) is 0 Å². The molecule has 1 fully saturated rings. The molecule has 2 aromatic rings. The Balaban J connectivity index is 1.85. The molecule has 8 heteroatoms. The molecule has 0 saturated heterocycles. The predicted octanol–water partition coefficient (Wildman–Crippen LogP) is 4.24. The van der Waals surface area contributed by atoms with Crippen LogP contribution in [0.25, 0.3) is 0 Å². The molecule has 1 saturated carbocycles. The minimum Gasteiger partial charge on any atom is -0.322 e. The number of benzene rings is 2. The molecule has 1 N–H and O–H groups in total. The van der Waals surface area contributed by atoms with Gasteiger partial charge in [0, 0.05) is 12.1 Å². The molecule has 0 aromatic heterocycles. The van der Waals surface area contributed by atoms with Gasteiger partial charge < -0.3 is 5.32 Å². The third kappa shape index (κ3) is 5.19. The third-order valence-corrected chi connectivity index (χ3v) is 7.03. The van der Waals surface area contributed by atoms with Crippen LogP contribution in [0, 0.1) is 18.6 Å². The van der Waals surface area contributed by atoms with Crippen molar-refractivity contribution in [2.45, 2.75) is 50.0 Å². The van der Waals surface area contributed by atoms with Crippen LogP contribution in [0.4, 0.5) is 14.5 Å². The molecule has 0 atom stereocenters. The van der Waals surface area contributed by atoms with Crippen molar-refractivity contribution in [3.8, 4) is 0 Å². The second-order valence-corrected chi connectivity index (χ2v) is 9.22. The third-order valence-electron chi connectivity index (χ3n) is 5.11. The molecule has 3 rings (SSSR count). The zero-order valence-electron chi connectivity index (χ0n) is 16.2. The molecular formula is C21H24F2N2O3S. The van der Waals surface area contributed by atoms with Gasteiger partial charge >= 0.3 is 0 Å². The summed E-state index contributed by atoms with van der Waals surface area (Å²) >= 11 is 0. The lowest BCUT2D eigenvalue weighted by Gasteiger charge is -2.33. The SMILES string of the molecule is Cc1ccc(S(=O)(=O)N(CC(=O)Nc2ccc(F)cc2F)C2CCCCC2)cc1. The molecule has 1 aliphatic carbocycles. The first-order valence-electron chi connectivity index (χ1n) is 9.61. The summed E-state index contributed by atoms with van der Waals surface area (Å²) in [7, 11) is -3.90. The summed E-state index contributed by atoms with van der Waals surface area (Å²) in [4.78, 5) is 12.7. The van der Waals surface area contributed by atoms with Gasteiger partial charge in [-0.1, -0.05) is 37.0 Å². The van der Waals surface area contributed by atoms with Gasteiger partial charge in [0.1, 0.15) is 11.6 Å². The Morgan fingerprint density at radius 1 is 1.07 bits per heavy atom. The van der Waals surface area contributed by atoms with E-state index in [0.717, 1.165) is 37.0 Å². The predicted molar refractivity (Wildman–Crippen MR) is 107 cm³/mol. The van der Waals surface area contributed by atoms with E-state index in [0.29, 0.717) is 18.9 Å². The number of carbonyl (C=O) groups excluding carboxylic acids is 1. The van der Waals surface area contributed by atoms with E-state index in [1.54, 1.807) is 12.1 Å². The average molecular weight is 422 g/mol. The molecule has 156 valence electrons. The van der Waals surface area contributed by atoms with Crippen LogP contribution in [0.5, 0.6) is 0 Å². The fraction of sp³-hybridized carbons (Fsp3) is 0.381. The van der Waals surface area contributed by atoms with Gasteiger partial charge in [-0.3, -0.25) is 4.79 Å². The standard InChI is InChI=1S/C21H24F2N2O3S/c1-15-7-10-18(11-8-15)29(27,28)25(17-5-3-2-4-6-17)14-21(26)24-20-12-9-16(22)13-19(20)23/h7-13,17H,2-6,14H2,1H3,(H,24,26). The fourth-order valence-corrected chi connectivity index (χ4v) is 5.19. The molecule has 0 radical (unpaired) electrons. The van der Waals surface area contributed by atoms with E-state index in [4.69, 9.17) is 0 Å². The monoisotopic (exact) mass is 422 g/mol. The van der Waals surface area contributed by atoms with Crippen LogP contribution in [-0.2, 0) is 14.8 Å². The van der Waals surface area contributed by atoms with Gasteiger partial charge in [0.2, 0.25) is 15.9 Å². The van der Waals surface area contributed by atoms with Gasteiger partial charge in [-0.15, -0.1) is 0 Å². The van der Waals surface area contributed by atoms with Gasteiger partial charge in [0.25, 0.3) is 0 Å². The molecule has 0 aliphatic heterocycles. The fourth-order valence-electron chi connectivity index (χ4n) is 3.55. The van der Waals surface area contributed by atoms with Crippen molar-refractivity contribution in [3.05, 3.63) is 59.7 Å². The number of carbonyl (C=O) groups is 1. The number of anilines is 1. The van der Waals surface area contributed by atoms with Crippen molar-refractivity contribution >= 4 is 21.6 Å². The number of nitrogens with one attached hydrogen (secondary N) is 1. The number of hydrogen-bond donors (Lipinski definition) is 1. The molecule has 1 aliphatic rings. The molecule has 2 aromatic carbocycles. The normalized spacial score (nSPS) is 15.4. The van der Waals surface area contributed by atoms with Crippen LogP contribution in [-0.4, -0.2) is 31.2 Å². The molecule has 0 heterocycles. The lowest BCUT2D eigenvalue weighted by molar-refractivity contribution is -0.116. The summed E-state index contributed by atoms with van der Waals surface area (Å²) in [6.07, 6.45) is 4.14. The zero-order valence-corrected chi connectivity index (χ0v) is 17.0. The second-order valence-electron chi connectivity index (χ2n) is 7.33. The van der Waals surface area contributed by atoms with Gasteiger partial charge in [0.05, 0.1) is 17.1 Å². The van der Waals surface area contributed by atoms with E-state index in [1.165, 1.54) is 16.4 Å². The van der Waals surface area contributed by atoms with Crippen LogP contribution in [0.15, 0.2) is 47.4 Å². The smallest absolute Gasteiger partial charge is 0.243 e. The maximum atomic E-state index is 13.9. The van der Waals surface area contributed by atoms with E-state index in [1.807, 2.05) is 6.92 Å². The highest BCUT2D eigenvalue weighted by Crippen LogP contribution is 2.28. The van der Waals surface area contributed by atoms with Crippen molar-refractivity contribution in [2.75, 3.05) is 11.9 Å². The van der Waals surface area contributed by atoms with Crippen LogP contribution < -0.4 is 5.32 Å². The first-order valence-corrected chi connectivity index (χ1v) is 11.0. The average Bonchev–Trinajstić information content (AvgIpc) is 2.69. The summed E-state index contributed by atoms with van der Waals surface area (Å²) in [5, 5.41) is 2.35. The number of hydrogen-bond acceptors (Lipinski definition) is 3. The first kappa shape index (κ1) is 21.4. The Labute approximate surface area is 169 Å². The Kier molecular flexibility index (Phi) is 6.64. The molecule has 0 spiro atoms. The Morgan fingerprint density at radius 2 is 1.72 bits per heavy atom.